The van der Waals surface area contributed by atoms with Crippen LogP contribution in [0.3, 0.4) is 0 Å². The molecule has 2 atom stereocenters. The highest BCUT2D eigenvalue weighted by molar-refractivity contribution is 5.95. The summed E-state index contributed by atoms with van der Waals surface area (Å²) >= 11 is 0. The molecule has 31 heavy (non-hydrogen) atoms. The van der Waals surface area contributed by atoms with Crippen LogP contribution in [0.4, 0.5) is 21.5 Å². The van der Waals surface area contributed by atoms with Crippen molar-refractivity contribution >= 4 is 28.9 Å². The first-order valence-corrected chi connectivity index (χ1v) is 10.5. The number of piperazine rings is 1. The van der Waals surface area contributed by atoms with Crippen molar-refractivity contribution in [1.82, 2.24) is 0 Å². The second-order valence-corrected chi connectivity index (χ2v) is 7.96. The highest BCUT2D eigenvalue weighted by atomic mass is 19.1. The molecule has 2 aliphatic rings. The predicted molar refractivity (Wildman–Crippen MR) is 116 cm³/mol. The van der Waals surface area contributed by atoms with Gasteiger partial charge in [0.05, 0.1) is 5.92 Å². The number of amides is 1. The van der Waals surface area contributed by atoms with Gasteiger partial charge in [-0.3, -0.25) is 4.79 Å². The van der Waals surface area contributed by atoms with Gasteiger partial charge in [-0.2, -0.15) is 0 Å². The van der Waals surface area contributed by atoms with E-state index >= 15 is 0 Å². The number of rotatable bonds is 5. The van der Waals surface area contributed by atoms with Crippen LogP contribution in [0.1, 0.15) is 12.8 Å². The van der Waals surface area contributed by atoms with E-state index in [-0.39, 0.29) is 11.7 Å². The lowest BCUT2D eigenvalue weighted by Crippen LogP contribution is -2.46. The van der Waals surface area contributed by atoms with Gasteiger partial charge in [-0.25, -0.2) is 4.39 Å². The Morgan fingerprint density at radius 2 is 1.29 bits per heavy atom. The van der Waals surface area contributed by atoms with Gasteiger partial charge in [0.2, 0.25) is 5.91 Å². The molecule has 6 nitrogen and oxygen atoms in total. The summed E-state index contributed by atoms with van der Waals surface area (Å²) in [7, 11) is 0. The largest absolute Gasteiger partial charge is 0.550 e. The fourth-order valence-corrected chi connectivity index (χ4v) is 4.23. The molecule has 1 aliphatic heterocycles. The van der Waals surface area contributed by atoms with Crippen molar-refractivity contribution in [2.75, 3.05) is 41.3 Å². The molecule has 7 heteroatoms. The Hall–Kier alpha value is -3.35. The maximum absolute atomic E-state index is 13.1. The fraction of sp³-hybridized carbons (Fsp3) is 0.333. The number of allylic oxidation sites excluding steroid dienone is 2. The van der Waals surface area contributed by atoms with E-state index in [0.717, 1.165) is 37.6 Å². The van der Waals surface area contributed by atoms with Crippen LogP contribution < -0.4 is 20.2 Å². The van der Waals surface area contributed by atoms with Gasteiger partial charge >= 0.3 is 0 Å². The molecule has 1 fully saturated rings. The molecule has 1 N–H and O–H groups in total. The molecule has 1 heterocycles. The van der Waals surface area contributed by atoms with Gasteiger partial charge in [0, 0.05) is 55.1 Å². The number of halogens is 1. The Bertz CT molecular complexity index is 951. The van der Waals surface area contributed by atoms with Crippen LogP contribution in [0, 0.1) is 17.7 Å². The Balaban J connectivity index is 1.33. The van der Waals surface area contributed by atoms with Crippen LogP contribution >= 0.6 is 0 Å². The van der Waals surface area contributed by atoms with Gasteiger partial charge < -0.3 is 25.0 Å². The third-order valence-electron chi connectivity index (χ3n) is 6.04. The summed E-state index contributed by atoms with van der Waals surface area (Å²) in [6.07, 6.45) is 4.36. The first-order valence-electron chi connectivity index (χ1n) is 10.5. The van der Waals surface area contributed by atoms with E-state index in [4.69, 9.17) is 0 Å². The Morgan fingerprint density at radius 1 is 0.806 bits per heavy atom. The molecule has 4 rings (SSSR count). The second kappa shape index (κ2) is 9.20. The van der Waals surface area contributed by atoms with E-state index < -0.39 is 17.8 Å². The molecule has 0 spiro atoms. The number of hydrogen-bond acceptors (Lipinski definition) is 5. The number of benzene rings is 2. The number of anilines is 3. The number of carboxylic acids is 1. The third kappa shape index (κ3) is 4.87. The molecule has 0 aromatic heterocycles. The number of carbonyl (C=O) groups is 2. The number of carbonyl (C=O) groups excluding carboxylic acids is 2. The maximum Gasteiger partial charge on any atom is 0.228 e. The summed E-state index contributed by atoms with van der Waals surface area (Å²) in [6.45, 7) is 3.35. The molecule has 1 amide bonds. The Morgan fingerprint density at radius 3 is 1.81 bits per heavy atom. The number of nitrogens with one attached hydrogen (secondary N) is 1. The van der Waals surface area contributed by atoms with Gasteiger partial charge in [-0.15, -0.1) is 0 Å². The van der Waals surface area contributed by atoms with Gasteiger partial charge in [0.1, 0.15) is 5.82 Å². The van der Waals surface area contributed by atoms with Crippen molar-refractivity contribution in [3.8, 4) is 0 Å². The lowest BCUT2D eigenvalue weighted by Gasteiger charge is -2.37. The molecule has 0 saturated carbocycles. The third-order valence-corrected chi connectivity index (χ3v) is 6.04. The van der Waals surface area contributed by atoms with Crippen molar-refractivity contribution in [2.24, 2.45) is 11.8 Å². The molecular weight excluding hydrogens is 397 g/mol. The first kappa shape index (κ1) is 20.9. The van der Waals surface area contributed by atoms with E-state index in [1.807, 2.05) is 30.3 Å². The average Bonchev–Trinajstić information content (AvgIpc) is 2.80. The Labute approximate surface area is 181 Å². The van der Waals surface area contributed by atoms with Crippen LogP contribution in [-0.4, -0.2) is 38.1 Å². The minimum absolute atomic E-state index is 0.232. The van der Waals surface area contributed by atoms with Crippen molar-refractivity contribution in [2.45, 2.75) is 12.8 Å². The summed E-state index contributed by atoms with van der Waals surface area (Å²) < 4.78 is 13.1. The standard InChI is InChI=1S/C24H26FN3O3/c25-17-5-9-19(10-6-17)27-13-15-28(16-14-27)20-11-7-18(8-12-20)26-23(29)21-3-1-2-4-22(21)24(30)31/h1-2,5-12,21-22H,3-4,13-16H2,(H,26,29)(H,30,31)/p-1/t21-,22-/m0/s1. The molecule has 0 radical (unpaired) electrons. The van der Waals surface area contributed by atoms with Gasteiger partial charge in [-0.1, -0.05) is 12.2 Å². The Kier molecular flexibility index (Phi) is 6.21. The topological polar surface area (TPSA) is 75.7 Å². The summed E-state index contributed by atoms with van der Waals surface area (Å²) in [6, 6.07) is 14.2. The number of nitrogens with zero attached hydrogens (tertiary/aromatic N) is 2. The zero-order valence-electron chi connectivity index (χ0n) is 17.2. The van der Waals surface area contributed by atoms with E-state index in [1.165, 1.54) is 12.1 Å². The molecule has 0 unspecified atom stereocenters. The maximum atomic E-state index is 13.1. The molecule has 1 aliphatic carbocycles. The lowest BCUT2D eigenvalue weighted by atomic mass is 9.82. The zero-order valence-corrected chi connectivity index (χ0v) is 17.2. The van der Waals surface area contributed by atoms with Crippen LogP contribution in [0.2, 0.25) is 0 Å². The number of hydrogen-bond donors (Lipinski definition) is 1. The molecule has 1 saturated heterocycles. The van der Waals surface area contributed by atoms with Crippen LogP contribution in [0.15, 0.2) is 60.7 Å². The molecule has 2 aromatic carbocycles. The number of carboxylic acid groups (broad SMARTS) is 1. The summed E-state index contributed by atoms with van der Waals surface area (Å²) in [4.78, 5) is 28.4. The minimum atomic E-state index is -1.18. The monoisotopic (exact) mass is 422 g/mol. The van der Waals surface area contributed by atoms with E-state index in [1.54, 1.807) is 18.2 Å². The summed E-state index contributed by atoms with van der Waals surface area (Å²) in [5.74, 6) is -3.11. The smallest absolute Gasteiger partial charge is 0.228 e. The van der Waals surface area contributed by atoms with Crippen molar-refractivity contribution < 1.29 is 19.1 Å². The van der Waals surface area contributed by atoms with E-state index in [0.29, 0.717) is 18.5 Å². The van der Waals surface area contributed by atoms with E-state index in [9.17, 15) is 19.1 Å². The van der Waals surface area contributed by atoms with Crippen molar-refractivity contribution in [3.05, 3.63) is 66.5 Å². The van der Waals surface area contributed by atoms with E-state index in [2.05, 4.69) is 15.1 Å². The lowest BCUT2D eigenvalue weighted by molar-refractivity contribution is -0.313. The predicted octanol–water partition coefficient (Wildman–Crippen LogP) is 2.42. The van der Waals surface area contributed by atoms with Crippen LogP contribution in [0.25, 0.3) is 0 Å². The molecule has 0 bridgehead atoms. The van der Waals surface area contributed by atoms with Gasteiger partial charge in [0.25, 0.3) is 0 Å². The zero-order chi connectivity index (χ0) is 21.8. The minimum Gasteiger partial charge on any atom is -0.550 e. The molecule has 162 valence electrons. The number of aliphatic carboxylic acids is 1. The van der Waals surface area contributed by atoms with Crippen molar-refractivity contribution in [1.29, 1.82) is 0 Å². The fourth-order valence-electron chi connectivity index (χ4n) is 4.23. The highest BCUT2D eigenvalue weighted by Crippen LogP contribution is 2.27. The molecule has 2 aromatic rings. The summed E-state index contributed by atoms with van der Waals surface area (Å²) in [5.41, 5.74) is 2.72. The van der Waals surface area contributed by atoms with Crippen LogP contribution in [-0.2, 0) is 9.59 Å². The average molecular weight is 422 g/mol. The normalized spacial score (nSPS) is 21.1. The first-order chi connectivity index (χ1) is 15.0. The van der Waals surface area contributed by atoms with Gasteiger partial charge in [-0.05, 0) is 61.4 Å². The van der Waals surface area contributed by atoms with Crippen LogP contribution in [0.5, 0.6) is 0 Å². The van der Waals surface area contributed by atoms with Gasteiger partial charge in [0.15, 0.2) is 0 Å². The quantitative estimate of drug-likeness (QED) is 0.749. The SMILES string of the molecule is O=C([O-])[C@H]1CC=CC[C@@H]1C(=O)Nc1ccc(N2CCN(c3ccc(F)cc3)CC2)cc1. The van der Waals surface area contributed by atoms with Crippen molar-refractivity contribution in [3.63, 3.8) is 0 Å². The second-order valence-electron chi connectivity index (χ2n) is 7.96. The highest BCUT2D eigenvalue weighted by Gasteiger charge is 2.29. The molecular formula is C24H25FN3O3-. The summed E-state index contributed by atoms with van der Waals surface area (Å²) in [5, 5.41) is 14.2.